The van der Waals surface area contributed by atoms with Crippen LogP contribution in [0.1, 0.15) is 40.1 Å². The van der Waals surface area contributed by atoms with E-state index in [9.17, 15) is 13.2 Å². The number of carbonyl (C=O) groups excluding carboxylic acids is 1. The van der Waals surface area contributed by atoms with Crippen molar-refractivity contribution in [3.05, 3.63) is 88.3 Å². The van der Waals surface area contributed by atoms with E-state index in [4.69, 9.17) is 15.0 Å². The Morgan fingerprint density at radius 1 is 1.11 bits per heavy atom. The molecule has 3 heterocycles. The van der Waals surface area contributed by atoms with Crippen molar-refractivity contribution in [1.29, 1.82) is 0 Å². The minimum absolute atomic E-state index is 0.0301. The van der Waals surface area contributed by atoms with Crippen molar-refractivity contribution in [3.8, 4) is 16.4 Å². The van der Waals surface area contributed by atoms with Gasteiger partial charge in [0.15, 0.2) is 11.5 Å². The van der Waals surface area contributed by atoms with E-state index in [0.717, 1.165) is 22.4 Å². The number of primary sulfonamides is 1. The summed E-state index contributed by atoms with van der Waals surface area (Å²) in [6, 6.07) is 16.0. The second-order valence-electron chi connectivity index (χ2n) is 8.18. The predicted molar refractivity (Wildman–Crippen MR) is 138 cm³/mol. The van der Waals surface area contributed by atoms with E-state index >= 15 is 0 Å². The molecule has 0 spiro atoms. The third-order valence-corrected chi connectivity index (χ3v) is 7.40. The Balaban J connectivity index is 1.66. The number of thiazole rings is 1. The van der Waals surface area contributed by atoms with Crippen molar-refractivity contribution in [2.75, 3.05) is 6.61 Å². The molecule has 5 rings (SSSR count). The highest BCUT2D eigenvalue weighted by molar-refractivity contribution is 7.89. The van der Waals surface area contributed by atoms with Crippen LogP contribution in [0.3, 0.4) is 0 Å². The highest BCUT2D eigenvalue weighted by atomic mass is 32.2. The number of nitrogens with one attached hydrogen (secondary N) is 1. The van der Waals surface area contributed by atoms with Gasteiger partial charge < -0.3 is 4.74 Å². The van der Waals surface area contributed by atoms with Gasteiger partial charge in [0.2, 0.25) is 15.2 Å². The van der Waals surface area contributed by atoms with E-state index in [2.05, 4.69) is 25.6 Å². The smallest absolute Gasteiger partial charge is 0.357 e. The monoisotopic (exact) mass is 550 g/mol. The van der Waals surface area contributed by atoms with Gasteiger partial charge in [-0.2, -0.15) is 5.10 Å². The molecule has 0 atom stereocenters. The summed E-state index contributed by atoms with van der Waals surface area (Å²) < 4.78 is 30.2. The molecule has 0 bridgehead atoms. The van der Waals surface area contributed by atoms with Gasteiger partial charge >= 0.3 is 5.97 Å². The molecule has 194 valence electrons. The van der Waals surface area contributed by atoms with Crippen molar-refractivity contribution in [2.45, 2.75) is 24.7 Å². The second-order valence-corrected chi connectivity index (χ2v) is 10.6. The maximum absolute atomic E-state index is 12.3. The molecule has 0 radical (unpaired) electrons. The Bertz CT molecular complexity index is 1660. The molecule has 0 saturated heterocycles. The molecule has 3 N–H and O–H groups in total. The zero-order valence-corrected chi connectivity index (χ0v) is 21.7. The van der Waals surface area contributed by atoms with Gasteiger partial charge in [-0.05, 0) is 35.0 Å². The Morgan fingerprint density at radius 2 is 1.87 bits per heavy atom. The topological polar surface area (TPSA) is 172 Å². The molecule has 5 aromatic rings. The van der Waals surface area contributed by atoms with Crippen molar-refractivity contribution in [2.24, 2.45) is 5.14 Å². The number of rotatable bonds is 9. The van der Waals surface area contributed by atoms with E-state index in [0.29, 0.717) is 29.5 Å². The van der Waals surface area contributed by atoms with Crippen LogP contribution in [0.15, 0.2) is 64.9 Å². The number of hydrogen-bond acceptors (Lipinski definition) is 10. The van der Waals surface area contributed by atoms with Crippen LogP contribution in [0.25, 0.3) is 16.4 Å². The molecule has 0 aliphatic carbocycles. The lowest BCUT2D eigenvalue weighted by molar-refractivity contribution is 0.0520. The Kier molecular flexibility index (Phi) is 7.09. The number of nitrogens with zero attached hydrogens (tertiary/aromatic N) is 6. The summed E-state index contributed by atoms with van der Waals surface area (Å²) in [5, 5.41) is 26.5. The normalized spacial score (nSPS) is 11.5. The van der Waals surface area contributed by atoms with Gasteiger partial charge in [-0.15, -0.1) is 16.4 Å². The van der Waals surface area contributed by atoms with E-state index < -0.39 is 16.0 Å². The predicted octanol–water partition coefficient (Wildman–Crippen LogP) is 2.51. The third-order valence-electron chi connectivity index (χ3n) is 5.65. The number of carbonyl (C=O) groups is 1. The summed E-state index contributed by atoms with van der Waals surface area (Å²) in [5.41, 5.74) is 4.23. The van der Waals surface area contributed by atoms with E-state index in [1.54, 1.807) is 29.1 Å². The van der Waals surface area contributed by atoms with Gasteiger partial charge in [-0.25, -0.2) is 33.1 Å². The third kappa shape index (κ3) is 5.37. The lowest BCUT2D eigenvalue weighted by atomic mass is 9.98. The fourth-order valence-electron chi connectivity index (χ4n) is 3.91. The molecular formula is C24H22N8O4S2. The Morgan fingerprint density at radius 3 is 2.53 bits per heavy atom. The number of nitrogens with two attached hydrogens (primary N) is 1. The molecule has 0 unspecified atom stereocenters. The first kappa shape index (κ1) is 25.4. The lowest BCUT2D eigenvalue weighted by Crippen LogP contribution is -2.12. The number of ether oxygens (including phenoxy) is 1. The van der Waals surface area contributed by atoms with E-state index in [1.165, 1.54) is 23.5 Å². The number of esters is 1. The summed E-state index contributed by atoms with van der Waals surface area (Å²) in [4.78, 5) is 16.8. The zero-order chi connectivity index (χ0) is 26.7. The zero-order valence-electron chi connectivity index (χ0n) is 20.1. The number of aromatic nitrogens is 7. The van der Waals surface area contributed by atoms with Crippen molar-refractivity contribution < 1.29 is 17.9 Å². The van der Waals surface area contributed by atoms with Crippen LogP contribution in [-0.4, -0.2) is 56.4 Å². The van der Waals surface area contributed by atoms with Gasteiger partial charge in [0.25, 0.3) is 0 Å². The molecule has 0 saturated carbocycles. The van der Waals surface area contributed by atoms with Crippen molar-refractivity contribution in [1.82, 2.24) is 35.4 Å². The average molecular weight is 551 g/mol. The average Bonchev–Trinajstić information content (AvgIpc) is 3.66. The quantitative estimate of drug-likeness (QED) is 0.262. The lowest BCUT2D eigenvalue weighted by Gasteiger charge is -2.08. The van der Waals surface area contributed by atoms with Crippen molar-refractivity contribution >= 4 is 27.3 Å². The number of benzene rings is 2. The summed E-state index contributed by atoms with van der Waals surface area (Å²) in [6.07, 6.45) is 0.716. The summed E-state index contributed by atoms with van der Waals surface area (Å²) >= 11 is 1.26. The molecule has 12 nitrogen and oxygen atoms in total. The van der Waals surface area contributed by atoms with Gasteiger partial charge in [-0.1, -0.05) is 42.5 Å². The highest BCUT2D eigenvalue weighted by Gasteiger charge is 2.24. The van der Waals surface area contributed by atoms with Crippen LogP contribution in [0.5, 0.6) is 0 Å². The summed E-state index contributed by atoms with van der Waals surface area (Å²) in [6.45, 7) is 1.97. The molecule has 0 aliphatic rings. The number of tetrazole rings is 1. The minimum Gasteiger partial charge on any atom is -0.461 e. The van der Waals surface area contributed by atoms with Crippen LogP contribution in [0.2, 0.25) is 0 Å². The first-order chi connectivity index (χ1) is 18.3. The first-order valence-electron chi connectivity index (χ1n) is 11.5. The summed E-state index contributed by atoms with van der Waals surface area (Å²) in [7, 11) is -3.81. The van der Waals surface area contributed by atoms with Crippen LogP contribution >= 0.6 is 11.3 Å². The molecule has 0 aliphatic heterocycles. The molecule has 14 heteroatoms. The molecule has 38 heavy (non-hydrogen) atoms. The van der Waals surface area contributed by atoms with E-state index in [1.807, 2.05) is 30.3 Å². The number of hydrogen-bond donors (Lipinski definition) is 2. The van der Waals surface area contributed by atoms with Gasteiger partial charge in [0.1, 0.15) is 0 Å². The number of sulfonamides is 1. The molecule has 2 aromatic carbocycles. The standard InChI is InChI=1S/C24H22N8O4S2/c1-2-36-23(33)19-14-37-24(26-19)32-20(13-21-27-30-31-28-21)18(22(29-32)16-6-4-3-5-7-16)12-15-8-10-17(11-9-15)38(25,34)35/h3-11,14H,2,12-13H2,1H3,(H2,25,34,35)(H,27,28,30,31). The highest BCUT2D eigenvalue weighted by Crippen LogP contribution is 2.32. The maximum Gasteiger partial charge on any atom is 0.357 e. The van der Waals surface area contributed by atoms with Crippen LogP contribution < -0.4 is 5.14 Å². The van der Waals surface area contributed by atoms with Gasteiger partial charge in [-0.3, -0.25) is 0 Å². The molecule has 0 amide bonds. The fraction of sp³-hybridized carbons (Fsp3) is 0.167. The maximum atomic E-state index is 12.3. The summed E-state index contributed by atoms with van der Waals surface area (Å²) in [5.74, 6) is 0.000324. The number of H-pyrrole nitrogens is 1. The largest absolute Gasteiger partial charge is 0.461 e. The van der Waals surface area contributed by atoms with Gasteiger partial charge in [0, 0.05) is 22.9 Å². The van der Waals surface area contributed by atoms with Crippen LogP contribution in [0.4, 0.5) is 0 Å². The second kappa shape index (κ2) is 10.6. The van der Waals surface area contributed by atoms with Gasteiger partial charge in [0.05, 0.1) is 29.3 Å². The Hall–Kier alpha value is -4.27. The van der Waals surface area contributed by atoms with E-state index in [-0.39, 0.29) is 17.2 Å². The van der Waals surface area contributed by atoms with Crippen LogP contribution in [0, 0.1) is 0 Å². The minimum atomic E-state index is -3.81. The van der Waals surface area contributed by atoms with Crippen molar-refractivity contribution in [3.63, 3.8) is 0 Å². The molecule has 3 aromatic heterocycles. The SMILES string of the molecule is CCOC(=O)c1csc(-n2nc(-c3ccccc3)c(Cc3ccc(S(N)(=O)=O)cc3)c2Cc2nnn[nH]2)n1. The molecular weight excluding hydrogens is 528 g/mol. The number of aromatic amines is 1. The fourth-order valence-corrected chi connectivity index (χ4v) is 5.20. The first-order valence-corrected chi connectivity index (χ1v) is 13.9. The Labute approximate surface area is 221 Å². The molecule has 0 fully saturated rings. The van der Waals surface area contributed by atoms with Crippen LogP contribution in [-0.2, 0) is 27.6 Å².